The lowest BCUT2D eigenvalue weighted by molar-refractivity contribution is -0.122. The van der Waals surface area contributed by atoms with Gasteiger partial charge in [-0.15, -0.1) is 0 Å². The normalized spacial score (nSPS) is 11.0. The van der Waals surface area contributed by atoms with Gasteiger partial charge in [0, 0.05) is 5.56 Å². The number of hydrogen-bond acceptors (Lipinski definition) is 3. The largest absolute Gasteiger partial charge is 0.394 e. The van der Waals surface area contributed by atoms with E-state index in [0.717, 1.165) is 5.56 Å². The number of aliphatic hydroxyl groups is 1. The second-order valence-corrected chi connectivity index (χ2v) is 5.25. The average Bonchev–Trinajstić information content (AvgIpc) is 2.50. The van der Waals surface area contributed by atoms with E-state index in [-0.39, 0.29) is 25.0 Å². The molecular formula is C16H24N2O3. The molecule has 0 bridgehead atoms. The number of aliphatic hydroxyl groups excluding tert-OH is 1. The van der Waals surface area contributed by atoms with Crippen molar-refractivity contribution in [3.05, 3.63) is 35.4 Å². The van der Waals surface area contributed by atoms with Gasteiger partial charge in [0.15, 0.2) is 0 Å². The Labute approximate surface area is 125 Å². The molecule has 0 fully saturated rings. The molecule has 0 aliphatic rings. The van der Waals surface area contributed by atoms with Crippen LogP contribution in [0.2, 0.25) is 0 Å². The first-order valence-corrected chi connectivity index (χ1v) is 7.23. The summed E-state index contributed by atoms with van der Waals surface area (Å²) in [4.78, 5) is 23.8. The van der Waals surface area contributed by atoms with Gasteiger partial charge in [0.2, 0.25) is 5.91 Å². The van der Waals surface area contributed by atoms with Gasteiger partial charge in [-0.2, -0.15) is 0 Å². The molecule has 0 radical (unpaired) electrons. The number of aryl methyl sites for hydroxylation is 1. The fraction of sp³-hybridized carbons (Fsp3) is 0.500. The Bertz CT molecular complexity index is 488. The van der Waals surface area contributed by atoms with Gasteiger partial charge >= 0.3 is 0 Å². The third-order valence-electron chi connectivity index (χ3n) is 3.75. The highest BCUT2D eigenvalue weighted by molar-refractivity contribution is 5.96. The lowest BCUT2D eigenvalue weighted by Crippen LogP contribution is -2.53. The first-order valence-electron chi connectivity index (χ1n) is 7.23. The Morgan fingerprint density at radius 1 is 1.24 bits per heavy atom. The molecular weight excluding hydrogens is 268 g/mol. The van der Waals surface area contributed by atoms with Crippen molar-refractivity contribution in [3.8, 4) is 0 Å². The van der Waals surface area contributed by atoms with Gasteiger partial charge in [-0.25, -0.2) is 0 Å². The van der Waals surface area contributed by atoms with Crippen molar-refractivity contribution in [1.29, 1.82) is 0 Å². The molecule has 0 saturated heterocycles. The molecule has 1 rings (SSSR count). The minimum Gasteiger partial charge on any atom is -0.394 e. The van der Waals surface area contributed by atoms with Crippen LogP contribution in [-0.4, -0.2) is 35.6 Å². The first-order chi connectivity index (χ1) is 9.96. The zero-order valence-corrected chi connectivity index (χ0v) is 12.9. The highest BCUT2D eigenvalue weighted by atomic mass is 16.3. The van der Waals surface area contributed by atoms with Crippen molar-refractivity contribution < 1.29 is 14.7 Å². The van der Waals surface area contributed by atoms with Crippen LogP contribution in [0.1, 0.15) is 42.6 Å². The Morgan fingerprint density at radius 2 is 1.90 bits per heavy atom. The molecule has 5 heteroatoms. The van der Waals surface area contributed by atoms with Crippen molar-refractivity contribution >= 4 is 11.8 Å². The summed E-state index contributed by atoms with van der Waals surface area (Å²) in [6.45, 7) is 5.50. The molecule has 116 valence electrons. The van der Waals surface area contributed by atoms with Crippen LogP contribution in [0.25, 0.3) is 0 Å². The number of carbonyl (C=O) groups excluding carboxylic acids is 2. The molecule has 0 heterocycles. The summed E-state index contributed by atoms with van der Waals surface area (Å²) in [6, 6.07) is 7.18. The van der Waals surface area contributed by atoms with Crippen LogP contribution in [-0.2, 0) is 4.79 Å². The van der Waals surface area contributed by atoms with Crippen LogP contribution in [0.5, 0.6) is 0 Å². The third kappa shape index (κ3) is 4.86. The number of amides is 2. The predicted octanol–water partition coefficient (Wildman–Crippen LogP) is 1.39. The summed E-state index contributed by atoms with van der Waals surface area (Å²) in [5, 5.41) is 14.8. The van der Waals surface area contributed by atoms with Gasteiger partial charge in [-0.3, -0.25) is 9.59 Å². The SMILES string of the molecule is CCC(CC)(CO)NC(=O)CNC(=O)c1cccc(C)c1. The van der Waals surface area contributed by atoms with E-state index in [9.17, 15) is 14.7 Å². The fourth-order valence-corrected chi connectivity index (χ4v) is 2.08. The van der Waals surface area contributed by atoms with E-state index in [1.54, 1.807) is 18.2 Å². The van der Waals surface area contributed by atoms with E-state index in [0.29, 0.717) is 18.4 Å². The number of carbonyl (C=O) groups is 2. The molecule has 3 N–H and O–H groups in total. The van der Waals surface area contributed by atoms with Gasteiger partial charge < -0.3 is 15.7 Å². The number of benzene rings is 1. The molecule has 0 aromatic heterocycles. The van der Waals surface area contributed by atoms with Crippen molar-refractivity contribution in [3.63, 3.8) is 0 Å². The Balaban J connectivity index is 2.55. The second kappa shape index (κ2) is 7.78. The monoisotopic (exact) mass is 292 g/mol. The molecule has 2 amide bonds. The highest BCUT2D eigenvalue weighted by Gasteiger charge is 2.27. The Kier molecular flexibility index (Phi) is 6.37. The maximum Gasteiger partial charge on any atom is 0.251 e. The maximum absolute atomic E-state index is 11.9. The molecule has 0 aliphatic heterocycles. The third-order valence-corrected chi connectivity index (χ3v) is 3.75. The zero-order valence-electron chi connectivity index (χ0n) is 12.9. The van der Waals surface area contributed by atoms with E-state index in [2.05, 4.69) is 10.6 Å². The lowest BCUT2D eigenvalue weighted by Gasteiger charge is -2.30. The van der Waals surface area contributed by atoms with Crippen molar-refractivity contribution in [1.82, 2.24) is 10.6 Å². The highest BCUT2D eigenvalue weighted by Crippen LogP contribution is 2.13. The summed E-state index contributed by atoms with van der Waals surface area (Å²) in [5.74, 6) is -0.579. The van der Waals surface area contributed by atoms with Gasteiger partial charge in [0.1, 0.15) is 0 Å². The van der Waals surface area contributed by atoms with E-state index >= 15 is 0 Å². The zero-order chi connectivity index (χ0) is 15.9. The van der Waals surface area contributed by atoms with Crippen molar-refractivity contribution in [2.45, 2.75) is 39.2 Å². The molecule has 0 saturated carbocycles. The van der Waals surface area contributed by atoms with E-state index in [1.165, 1.54) is 0 Å². The maximum atomic E-state index is 11.9. The van der Waals surface area contributed by atoms with E-state index < -0.39 is 5.54 Å². The number of nitrogens with one attached hydrogen (secondary N) is 2. The summed E-state index contributed by atoms with van der Waals surface area (Å²) in [7, 11) is 0. The topological polar surface area (TPSA) is 78.4 Å². The van der Waals surface area contributed by atoms with Crippen LogP contribution in [0, 0.1) is 6.92 Å². The van der Waals surface area contributed by atoms with Crippen LogP contribution in [0.15, 0.2) is 24.3 Å². The van der Waals surface area contributed by atoms with Crippen molar-refractivity contribution in [2.24, 2.45) is 0 Å². The minimum atomic E-state index is -0.606. The minimum absolute atomic E-state index is 0.103. The summed E-state index contributed by atoms with van der Waals surface area (Å²) in [6.07, 6.45) is 1.27. The Morgan fingerprint density at radius 3 is 2.43 bits per heavy atom. The lowest BCUT2D eigenvalue weighted by atomic mass is 9.94. The summed E-state index contributed by atoms with van der Waals surface area (Å²) in [5.41, 5.74) is 0.913. The van der Waals surface area contributed by atoms with Gasteiger partial charge in [0.05, 0.1) is 18.7 Å². The average molecular weight is 292 g/mol. The standard InChI is InChI=1S/C16H24N2O3/c1-4-16(5-2,11-19)18-14(20)10-17-15(21)13-8-6-7-12(3)9-13/h6-9,19H,4-5,10-11H2,1-3H3,(H,17,21)(H,18,20). The predicted molar refractivity (Wildman–Crippen MR) is 82.1 cm³/mol. The second-order valence-electron chi connectivity index (χ2n) is 5.25. The molecule has 0 unspecified atom stereocenters. The molecule has 0 spiro atoms. The molecule has 0 atom stereocenters. The smallest absolute Gasteiger partial charge is 0.251 e. The van der Waals surface area contributed by atoms with Crippen LogP contribution >= 0.6 is 0 Å². The summed E-state index contributed by atoms with van der Waals surface area (Å²) < 4.78 is 0. The van der Waals surface area contributed by atoms with Crippen LogP contribution in [0.3, 0.4) is 0 Å². The van der Waals surface area contributed by atoms with Crippen molar-refractivity contribution in [2.75, 3.05) is 13.2 Å². The van der Waals surface area contributed by atoms with Gasteiger partial charge in [0.25, 0.3) is 5.91 Å². The number of hydrogen-bond donors (Lipinski definition) is 3. The molecule has 0 aliphatic carbocycles. The van der Waals surface area contributed by atoms with E-state index in [1.807, 2.05) is 26.8 Å². The van der Waals surface area contributed by atoms with Gasteiger partial charge in [-0.1, -0.05) is 31.5 Å². The fourth-order valence-electron chi connectivity index (χ4n) is 2.08. The molecule has 21 heavy (non-hydrogen) atoms. The number of rotatable bonds is 7. The van der Waals surface area contributed by atoms with Gasteiger partial charge in [-0.05, 0) is 31.9 Å². The van der Waals surface area contributed by atoms with E-state index in [4.69, 9.17) is 0 Å². The first kappa shape index (κ1) is 17.2. The van der Waals surface area contributed by atoms with Crippen LogP contribution in [0.4, 0.5) is 0 Å². The quantitative estimate of drug-likeness (QED) is 0.710. The molecule has 1 aromatic carbocycles. The Hall–Kier alpha value is -1.88. The molecule has 1 aromatic rings. The van der Waals surface area contributed by atoms with Crippen LogP contribution < -0.4 is 10.6 Å². The summed E-state index contributed by atoms with van der Waals surface area (Å²) >= 11 is 0. The molecule has 5 nitrogen and oxygen atoms in total.